The number of hydrogen-bond donors (Lipinski definition) is 1. The molecule has 1 N–H and O–H groups in total. The van der Waals surface area contributed by atoms with Crippen molar-refractivity contribution in [3.63, 3.8) is 0 Å². The minimum absolute atomic E-state index is 0.00146. The monoisotopic (exact) mass is 164 g/mol. The van der Waals surface area contributed by atoms with Crippen LogP contribution in [0.2, 0.25) is 0 Å². The van der Waals surface area contributed by atoms with E-state index in [0.29, 0.717) is 12.2 Å². The molecule has 2 rings (SSSR count). The highest BCUT2D eigenvalue weighted by molar-refractivity contribution is 5.80. The predicted molar refractivity (Wildman–Crippen MR) is 41.7 cm³/mol. The van der Waals surface area contributed by atoms with Gasteiger partial charge in [0.1, 0.15) is 5.75 Å². The Labute approximate surface area is 69.6 Å². The maximum Gasteiger partial charge on any atom is 0.315 e. The van der Waals surface area contributed by atoms with Gasteiger partial charge in [0.15, 0.2) is 0 Å². The van der Waals surface area contributed by atoms with Crippen LogP contribution < -0.4 is 4.74 Å². The molecule has 0 bridgehead atoms. The average molecular weight is 164 g/mol. The summed E-state index contributed by atoms with van der Waals surface area (Å²) in [7, 11) is 0. The van der Waals surface area contributed by atoms with Crippen molar-refractivity contribution in [2.45, 2.75) is 13.0 Å². The normalized spacial score (nSPS) is 14.2. The van der Waals surface area contributed by atoms with E-state index in [-0.39, 0.29) is 12.6 Å². The number of fused-ring (bicyclic) bond motifs is 1. The van der Waals surface area contributed by atoms with Crippen molar-refractivity contribution in [2.75, 3.05) is 0 Å². The molecule has 0 aliphatic carbocycles. The van der Waals surface area contributed by atoms with Crippen LogP contribution >= 0.6 is 0 Å². The predicted octanol–water partition coefficient (Wildman–Crippen LogP) is 0.640. The van der Waals surface area contributed by atoms with Gasteiger partial charge in [-0.25, -0.2) is 0 Å². The number of rotatable bonds is 1. The number of carbonyl (C=O) groups excluding carboxylic acids is 1. The van der Waals surface area contributed by atoms with E-state index in [1.807, 2.05) is 0 Å². The number of hydrogen-bond acceptors (Lipinski definition) is 3. The van der Waals surface area contributed by atoms with Gasteiger partial charge in [0, 0.05) is 5.56 Å². The van der Waals surface area contributed by atoms with E-state index in [4.69, 9.17) is 9.84 Å². The van der Waals surface area contributed by atoms with E-state index in [1.54, 1.807) is 18.2 Å². The first-order valence-corrected chi connectivity index (χ1v) is 3.73. The van der Waals surface area contributed by atoms with Crippen molar-refractivity contribution in [1.29, 1.82) is 0 Å². The Kier molecular flexibility index (Phi) is 1.59. The highest BCUT2D eigenvalue weighted by Gasteiger charge is 2.19. The zero-order chi connectivity index (χ0) is 8.55. The van der Waals surface area contributed by atoms with E-state index in [1.165, 1.54) is 0 Å². The van der Waals surface area contributed by atoms with E-state index in [2.05, 4.69) is 0 Å². The van der Waals surface area contributed by atoms with Crippen LogP contribution in [0.1, 0.15) is 11.1 Å². The summed E-state index contributed by atoms with van der Waals surface area (Å²) in [4.78, 5) is 10.8. The zero-order valence-corrected chi connectivity index (χ0v) is 6.41. The van der Waals surface area contributed by atoms with Gasteiger partial charge in [-0.3, -0.25) is 4.79 Å². The summed E-state index contributed by atoms with van der Waals surface area (Å²) in [5.41, 5.74) is 1.68. The number of ether oxygens (including phenoxy) is 1. The summed E-state index contributed by atoms with van der Waals surface area (Å²) in [6.45, 7) is 0.00146. The molecule has 0 saturated carbocycles. The van der Waals surface area contributed by atoms with Crippen LogP contribution in [0, 0.1) is 0 Å². The van der Waals surface area contributed by atoms with Crippen LogP contribution in [0.5, 0.6) is 5.75 Å². The number of aliphatic hydroxyl groups excluding tert-OH is 1. The molecule has 1 aromatic carbocycles. The Balaban J connectivity index is 2.41. The van der Waals surface area contributed by atoms with E-state index >= 15 is 0 Å². The van der Waals surface area contributed by atoms with Crippen LogP contribution in [-0.2, 0) is 17.8 Å². The van der Waals surface area contributed by atoms with Gasteiger partial charge in [0.25, 0.3) is 0 Å². The molecular formula is C9H8O3. The Bertz CT molecular complexity index is 331. The molecule has 1 aromatic rings. The van der Waals surface area contributed by atoms with Crippen LogP contribution in [0.15, 0.2) is 18.2 Å². The molecule has 3 heteroatoms. The molecule has 0 unspecified atom stereocenters. The lowest BCUT2D eigenvalue weighted by Crippen LogP contribution is -2.00. The Morgan fingerprint density at radius 2 is 2.33 bits per heavy atom. The lowest BCUT2D eigenvalue weighted by Gasteiger charge is -1.98. The van der Waals surface area contributed by atoms with Crippen molar-refractivity contribution in [1.82, 2.24) is 0 Å². The van der Waals surface area contributed by atoms with Crippen LogP contribution in [-0.4, -0.2) is 11.1 Å². The molecule has 0 fully saturated rings. The van der Waals surface area contributed by atoms with Crippen LogP contribution in [0.3, 0.4) is 0 Å². The van der Waals surface area contributed by atoms with Gasteiger partial charge in [0.2, 0.25) is 0 Å². The quantitative estimate of drug-likeness (QED) is 0.489. The third-order valence-electron chi connectivity index (χ3n) is 1.87. The van der Waals surface area contributed by atoms with Crippen molar-refractivity contribution in [2.24, 2.45) is 0 Å². The van der Waals surface area contributed by atoms with E-state index < -0.39 is 0 Å². The summed E-state index contributed by atoms with van der Waals surface area (Å²) in [5.74, 6) is 0.400. The standard InChI is InChI=1S/C9H8O3/c10-5-6-1-2-8-7(3-6)4-9(11)12-8/h1-3,10H,4-5H2. The van der Waals surface area contributed by atoms with E-state index in [0.717, 1.165) is 11.1 Å². The number of carbonyl (C=O) groups is 1. The Morgan fingerprint density at radius 3 is 3.08 bits per heavy atom. The lowest BCUT2D eigenvalue weighted by atomic mass is 10.1. The third-order valence-corrected chi connectivity index (χ3v) is 1.87. The molecular weight excluding hydrogens is 156 g/mol. The second-order valence-corrected chi connectivity index (χ2v) is 2.75. The number of aliphatic hydroxyl groups is 1. The molecule has 0 atom stereocenters. The Hall–Kier alpha value is -1.35. The van der Waals surface area contributed by atoms with E-state index in [9.17, 15) is 4.79 Å². The minimum atomic E-state index is -0.222. The smallest absolute Gasteiger partial charge is 0.315 e. The Morgan fingerprint density at radius 1 is 1.50 bits per heavy atom. The van der Waals surface area contributed by atoms with Gasteiger partial charge in [-0.2, -0.15) is 0 Å². The van der Waals surface area contributed by atoms with Crippen LogP contribution in [0.25, 0.3) is 0 Å². The molecule has 0 spiro atoms. The summed E-state index contributed by atoms with van der Waals surface area (Å²) < 4.78 is 4.89. The molecule has 12 heavy (non-hydrogen) atoms. The molecule has 3 nitrogen and oxygen atoms in total. The van der Waals surface area contributed by atoms with Gasteiger partial charge < -0.3 is 9.84 Å². The largest absolute Gasteiger partial charge is 0.426 e. The fourth-order valence-electron chi connectivity index (χ4n) is 1.28. The molecule has 1 heterocycles. The first-order valence-electron chi connectivity index (χ1n) is 3.73. The molecule has 62 valence electrons. The van der Waals surface area contributed by atoms with Crippen molar-refractivity contribution < 1.29 is 14.6 Å². The second-order valence-electron chi connectivity index (χ2n) is 2.75. The van der Waals surface area contributed by atoms with Crippen molar-refractivity contribution in [3.8, 4) is 5.75 Å². The maximum absolute atomic E-state index is 10.8. The molecule has 1 aliphatic rings. The average Bonchev–Trinajstić information content (AvgIpc) is 2.43. The third kappa shape index (κ3) is 1.08. The van der Waals surface area contributed by atoms with Gasteiger partial charge in [0.05, 0.1) is 13.0 Å². The lowest BCUT2D eigenvalue weighted by molar-refractivity contribution is -0.131. The highest BCUT2D eigenvalue weighted by Crippen LogP contribution is 2.26. The fraction of sp³-hybridized carbons (Fsp3) is 0.222. The van der Waals surface area contributed by atoms with Gasteiger partial charge in [-0.15, -0.1) is 0 Å². The summed E-state index contributed by atoms with van der Waals surface area (Å²) in [5, 5.41) is 8.81. The van der Waals surface area contributed by atoms with Gasteiger partial charge in [-0.1, -0.05) is 6.07 Å². The molecule has 0 amide bonds. The number of esters is 1. The molecule has 0 radical (unpaired) electrons. The van der Waals surface area contributed by atoms with Crippen molar-refractivity contribution >= 4 is 5.97 Å². The minimum Gasteiger partial charge on any atom is -0.426 e. The number of benzene rings is 1. The summed E-state index contributed by atoms with van der Waals surface area (Å²) in [6.07, 6.45) is 0.323. The zero-order valence-electron chi connectivity index (χ0n) is 6.41. The van der Waals surface area contributed by atoms with Crippen molar-refractivity contribution in [3.05, 3.63) is 29.3 Å². The van der Waals surface area contributed by atoms with Gasteiger partial charge in [-0.05, 0) is 17.7 Å². The summed E-state index contributed by atoms with van der Waals surface area (Å²) >= 11 is 0. The fourth-order valence-corrected chi connectivity index (χ4v) is 1.28. The SMILES string of the molecule is O=C1Cc2cc(CO)ccc2O1. The second kappa shape index (κ2) is 2.60. The topological polar surface area (TPSA) is 46.5 Å². The molecule has 0 saturated heterocycles. The molecule has 1 aliphatic heterocycles. The first-order chi connectivity index (χ1) is 5.79. The van der Waals surface area contributed by atoms with Gasteiger partial charge >= 0.3 is 5.97 Å². The highest BCUT2D eigenvalue weighted by atomic mass is 16.5. The summed E-state index contributed by atoms with van der Waals surface area (Å²) in [6, 6.07) is 5.25. The molecule has 0 aromatic heterocycles. The maximum atomic E-state index is 10.8. The first kappa shape index (κ1) is 7.31. The van der Waals surface area contributed by atoms with Crippen LogP contribution in [0.4, 0.5) is 0 Å².